The molecule has 94 valence electrons. The first-order valence-corrected chi connectivity index (χ1v) is 5.83. The second-order valence-corrected chi connectivity index (χ2v) is 4.37. The van der Waals surface area contributed by atoms with Crippen LogP contribution in [0, 0.1) is 11.8 Å². The van der Waals surface area contributed by atoms with E-state index in [4.69, 9.17) is 0 Å². The first-order chi connectivity index (χ1) is 8.06. The van der Waals surface area contributed by atoms with E-state index in [0.29, 0.717) is 0 Å². The van der Waals surface area contributed by atoms with Gasteiger partial charge in [0, 0.05) is 0 Å². The summed E-state index contributed by atoms with van der Waals surface area (Å²) in [5, 5.41) is 0. The third kappa shape index (κ3) is 3.80. The predicted molar refractivity (Wildman–Crippen MR) is 62.3 cm³/mol. The van der Waals surface area contributed by atoms with E-state index in [1.807, 2.05) is 12.2 Å². The lowest BCUT2D eigenvalue weighted by atomic mass is 9.81. The van der Waals surface area contributed by atoms with Gasteiger partial charge in [-0.25, -0.2) is 0 Å². The zero-order valence-corrected chi connectivity index (χ0v) is 10.3. The van der Waals surface area contributed by atoms with Gasteiger partial charge in [0.25, 0.3) is 0 Å². The van der Waals surface area contributed by atoms with Crippen molar-refractivity contribution >= 4 is 17.5 Å². The van der Waals surface area contributed by atoms with Crippen molar-refractivity contribution in [1.29, 1.82) is 0 Å². The molecule has 0 aromatic rings. The molecular weight excluding hydrogens is 220 g/mol. The molecule has 0 N–H and O–H groups in total. The Labute approximate surface area is 101 Å². The van der Waals surface area contributed by atoms with Crippen molar-refractivity contribution in [3.63, 3.8) is 0 Å². The lowest BCUT2D eigenvalue weighted by Gasteiger charge is -2.23. The van der Waals surface area contributed by atoms with Gasteiger partial charge in [0.1, 0.15) is 11.7 Å². The normalized spacial score (nSPS) is 20.7. The van der Waals surface area contributed by atoms with E-state index < -0.39 is 11.9 Å². The van der Waals surface area contributed by atoms with Crippen molar-refractivity contribution in [3.05, 3.63) is 12.2 Å². The number of esters is 1. The predicted octanol–water partition coefficient (Wildman–Crippen LogP) is 1.68. The monoisotopic (exact) mass is 238 g/mol. The summed E-state index contributed by atoms with van der Waals surface area (Å²) < 4.78 is 4.66. The average molecular weight is 238 g/mol. The third-order valence-electron chi connectivity index (χ3n) is 2.94. The number of rotatable bonds is 5. The van der Waals surface area contributed by atoms with Crippen LogP contribution in [0.15, 0.2) is 12.2 Å². The Hall–Kier alpha value is -1.45. The van der Waals surface area contributed by atoms with Crippen molar-refractivity contribution in [1.82, 2.24) is 0 Å². The smallest absolute Gasteiger partial charge is 0.316 e. The Morgan fingerprint density at radius 3 is 2.59 bits per heavy atom. The second-order valence-electron chi connectivity index (χ2n) is 4.37. The molecule has 1 rings (SSSR count). The Kier molecular flexibility index (Phi) is 5.07. The maximum absolute atomic E-state index is 11.9. The summed E-state index contributed by atoms with van der Waals surface area (Å²) in [5.41, 5.74) is 0. The minimum Gasteiger partial charge on any atom is -0.468 e. The van der Waals surface area contributed by atoms with Crippen molar-refractivity contribution < 1.29 is 19.1 Å². The van der Waals surface area contributed by atoms with Crippen molar-refractivity contribution in [2.75, 3.05) is 7.11 Å². The molecule has 1 aliphatic carbocycles. The summed E-state index contributed by atoms with van der Waals surface area (Å²) in [6.45, 7) is 1.35. The van der Waals surface area contributed by atoms with Gasteiger partial charge in [-0.2, -0.15) is 0 Å². The van der Waals surface area contributed by atoms with Crippen LogP contribution in [-0.2, 0) is 19.1 Å². The molecule has 0 amide bonds. The number of ether oxygens (including phenoxy) is 1. The lowest BCUT2D eigenvalue weighted by Crippen LogP contribution is -2.33. The van der Waals surface area contributed by atoms with Crippen LogP contribution in [0.2, 0.25) is 0 Å². The van der Waals surface area contributed by atoms with Crippen LogP contribution in [0.4, 0.5) is 0 Å². The molecule has 0 heterocycles. The standard InChI is InChI=1S/C13H18O4/c1-9(14)8-11(15)12(13(16)17-2)10-6-4-3-5-7-10/h4,6,10,12H,3,5,7-8H2,1-2H3. The minimum atomic E-state index is -0.819. The van der Waals surface area contributed by atoms with E-state index in [1.165, 1.54) is 14.0 Å². The van der Waals surface area contributed by atoms with E-state index in [-0.39, 0.29) is 23.9 Å². The minimum absolute atomic E-state index is 0.122. The van der Waals surface area contributed by atoms with Gasteiger partial charge in [0.2, 0.25) is 0 Å². The Morgan fingerprint density at radius 1 is 1.41 bits per heavy atom. The Bertz CT molecular complexity index is 343. The number of ketones is 2. The molecule has 0 saturated heterocycles. The maximum Gasteiger partial charge on any atom is 0.316 e. The maximum atomic E-state index is 11.9. The molecule has 4 nitrogen and oxygen atoms in total. The number of carbonyl (C=O) groups is 3. The molecule has 0 aliphatic heterocycles. The summed E-state index contributed by atoms with van der Waals surface area (Å²) in [5.74, 6) is -2.03. The molecule has 2 atom stereocenters. The summed E-state index contributed by atoms with van der Waals surface area (Å²) in [4.78, 5) is 34.5. The highest BCUT2D eigenvalue weighted by Gasteiger charge is 2.34. The van der Waals surface area contributed by atoms with Gasteiger partial charge in [-0.15, -0.1) is 0 Å². The SMILES string of the molecule is COC(=O)C(C(=O)CC(C)=O)C1C=CCCC1. The lowest BCUT2D eigenvalue weighted by molar-refractivity contribution is -0.151. The Balaban J connectivity index is 2.82. The molecule has 0 saturated carbocycles. The highest BCUT2D eigenvalue weighted by Crippen LogP contribution is 2.27. The number of hydrogen-bond acceptors (Lipinski definition) is 4. The van der Waals surface area contributed by atoms with Crippen LogP contribution in [-0.4, -0.2) is 24.6 Å². The zero-order chi connectivity index (χ0) is 12.8. The van der Waals surface area contributed by atoms with Crippen LogP contribution in [0.1, 0.15) is 32.6 Å². The first kappa shape index (κ1) is 13.6. The number of methoxy groups -OCH3 is 1. The number of Topliss-reactive ketones (excluding diaryl/α,β-unsaturated/α-hetero) is 2. The summed E-state index contributed by atoms with van der Waals surface area (Å²) in [6.07, 6.45) is 6.41. The largest absolute Gasteiger partial charge is 0.468 e. The molecule has 2 unspecified atom stereocenters. The summed E-state index contributed by atoms with van der Waals surface area (Å²) >= 11 is 0. The van der Waals surface area contributed by atoms with E-state index in [1.54, 1.807) is 0 Å². The summed E-state index contributed by atoms with van der Waals surface area (Å²) in [7, 11) is 1.27. The molecule has 4 heteroatoms. The first-order valence-electron chi connectivity index (χ1n) is 5.83. The Morgan fingerprint density at radius 2 is 2.12 bits per heavy atom. The number of allylic oxidation sites excluding steroid dienone is 2. The highest BCUT2D eigenvalue weighted by molar-refractivity contribution is 6.07. The molecular formula is C13H18O4. The van der Waals surface area contributed by atoms with Gasteiger partial charge in [0.15, 0.2) is 5.78 Å². The molecule has 0 aromatic carbocycles. The van der Waals surface area contributed by atoms with Crippen LogP contribution >= 0.6 is 0 Å². The van der Waals surface area contributed by atoms with Gasteiger partial charge in [-0.3, -0.25) is 14.4 Å². The fraction of sp³-hybridized carbons (Fsp3) is 0.615. The van der Waals surface area contributed by atoms with Crippen LogP contribution in [0.3, 0.4) is 0 Å². The van der Waals surface area contributed by atoms with Crippen molar-refractivity contribution in [3.8, 4) is 0 Å². The topological polar surface area (TPSA) is 60.4 Å². The second kappa shape index (κ2) is 6.33. The van der Waals surface area contributed by atoms with Gasteiger partial charge < -0.3 is 4.74 Å². The molecule has 1 aliphatic rings. The highest BCUT2D eigenvalue weighted by atomic mass is 16.5. The van der Waals surface area contributed by atoms with E-state index in [0.717, 1.165) is 19.3 Å². The average Bonchev–Trinajstić information content (AvgIpc) is 2.29. The van der Waals surface area contributed by atoms with Gasteiger partial charge >= 0.3 is 5.97 Å². The van der Waals surface area contributed by atoms with Crippen molar-refractivity contribution in [2.45, 2.75) is 32.6 Å². The van der Waals surface area contributed by atoms with E-state index >= 15 is 0 Å². The molecule has 17 heavy (non-hydrogen) atoms. The molecule has 0 spiro atoms. The quantitative estimate of drug-likeness (QED) is 0.415. The third-order valence-corrected chi connectivity index (χ3v) is 2.94. The van der Waals surface area contributed by atoms with Crippen molar-refractivity contribution in [2.24, 2.45) is 11.8 Å². The van der Waals surface area contributed by atoms with Crippen LogP contribution < -0.4 is 0 Å². The molecule has 0 bridgehead atoms. The van der Waals surface area contributed by atoms with E-state index in [2.05, 4.69) is 4.74 Å². The fourth-order valence-corrected chi connectivity index (χ4v) is 2.14. The molecule has 0 radical (unpaired) electrons. The number of carbonyl (C=O) groups excluding carboxylic acids is 3. The number of hydrogen-bond donors (Lipinski definition) is 0. The van der Waals surface area contributed by atoms with Gasteiger partial charge in [0.05, 0.1) is 13.5 Å². The zero-order valence-electron chi connectivity index (χ0n) is 10.3. The van der Waals surface area contributed by atoms with Crippen LogP contribution in [0.5, 0.6) is 0 Å². The van der Waals surface area contributed by atoms with Gasteiger partial charge in [-0.1, -0.05) is 12.2 Å². The van der Waals surface area contributed by atoms with E-state index in [9.17, 15) is 14.4 Å². The van der Waals surface area contributed by atoms with Gasteiger partial charge in [-0.05, 0) is 32.1 Å². The molecule has 0 fully saturated rings. The summed E-state index contributed by atoms with van der Waals surface area (Å²) in [6, 6.07) is 0. The molecule has 0 aromatic heterocycles. The van der Waals surface area contributed by atoms with Crippen LogP contribution in [0.25, 0.3) is 0 Å². The fourth-order valence-electron chi connectivity index (χ4n) is 2.14.